The Morgan fingerprint density at radius 1 is 0.312 bits per heavy atom. The largest absolute Gasteiger partial charge is 0.355 e. The fourth-order valence-electron chi connectivity index (χ4n) is 7.69. The van der Waals surface area contributed by atoms with Crippen LogP contribution in [0.15, 0.2) is 146 Å². The summed E-state index contributed by atoms with van der Waals surface area (Å²) in [6.07, 6.45) is 9.20. The van der Waals surface area contributed by atoms with Gasteiger partial charge in [-0.15, -0.1) is 0 Å². The molecular weight excluding hydrogens is 581 g/mol. The lowest BCUT2D eigenvalue weighted by atomic mass is 9.86. The van der Waals surface area contributed by atoms with Crippen LogP contribution in [0, 0.1) is 0 Å². The number of hydrogen-bond donors (Lipinski definition) is 2. The van der Waals surface area contributed by atoms with Gasteiger partial charge < -0.3 is 10.6 Å². The molecule has 0 aromatic heterocycles. The average molecular weight is 611 g/mol. The Morgan fingerprint density at radius 3 is 1.17 bits per heavy atom. The first kappa shape index (κ1) is 26.8. The second-order valence-electron chi connectivity index (χ2n) is 12.7. The highest BCUT2D eigenvalue weighted by Crippen LogP contribution is 2.49. The Kier molecular flexibility index (Phi) is 5.91. The van der Waals surface area contributed by atoms with E-state index < -0.39 is 0 Å². The summed E-state index contributed by atoms with van der Waals surface area (Å²) >= 11 is 0. The molecule has 0 amide bonds. The molecule has 2 nitrogen and oxygen atoms in total. The zero-order valence-corrected chi connectivity index (χ0v) is 26.2. The molecule has 0 atom stereocenters. The predicted molar refractivity (Wildman–Crippen MR) is 207 cm³/mol. The first-order valence-corrected chi connectivity index (χ1v) is 16.5. The van der Waals surface area contributed by atoms with Crippen molar-refractivity contribution in [2.75, 3.05) is 10.6 Å². The third kappa shape index (κ3) is 4.20. The second-order valence-corrected chi connectivity index (χ2v) is 12.7. The molecule has 0 fully saturated rings. The number of hydrogen-bond acceptors (Lipinski definition) is 2. The molecule has 2 aliphatic carbocycles. The van der Waals surface area contributed by atoms with E-state index in [-0.39, 0.29) is 0 Å². The fourth-order valence-corrected chi connectivity index (χ4v) is 7.69. The van der Waals surface area contributed by atoms with Crippen LogP contribution in [-0.2, 0) is 0 Å². The molecule has 0 unspecified atom stereocenters. The Labute approximate surface area is 279 Å². The normalized spacial score (nSPS) is 12.4. The van der Waals surface area contributed by atoms with Crippen LogP contribution in [0.2, 0.25) is 0 Å². The van der Waals surface area contributed by atoms with Crippen molar-refractivity contribution in [1.29, 1.82) is 0 Å². The molecule has 0 saturated carbocycles. The van der Waals surface area contributed by atoms with E-state index >= 15 is 0 Å². The van der Waals surface area contributed by atoms with Crippen LogP contribution in [0.25, 0.3) is 78.9 Å². The van der Waals surface area contributed by atoms with Crippen LogP contribution in [-0.4, -0.2) is 0 Å². The van der Waals surface area contributed by atoms with Gasteiger partial charge in [-0.1, -0.05) is 133 Å². The fraction of sp³-hybridized carbons (Fsp3) is 0. The van der Waals surface area contributed by atoms with E-state index in [0.717, 1.165) is 22.7 Å². The second kappa shape index (κ2) is 10.6. The van der Waals surface area contributed by atoms with Crippen molar-refractivity contribution in [1.82, 2.24) is 0 Å². The minimum Gasteiger partial charge on any atom is -0.355 e. The Hall–Kier alpha value is -6.38. The van der Waals surface area contributed by atoms with Gasteiger partial charge in [0, 0.05) is 33.5 Å². The van der Waals surface area contributed by atoms with E-state index in [1.54, 1.807) is 0 Å². The van der Waals surface area contributed by atoms with Gasteiger partial charge in [0.25, 0.3) is 0 Å². The van der Waals surface area contributed by atoms with Gasteiger partial charge in [-0.05, 0) is 102 Å². The topological polar surface area (TPSA) is 24.1 Å². The van der Waals surface area contributed by atoms with E-state index in [4.69, 9.17) is 0 Å². The Bertz CT molecular complexity index is 2450. The summed E-state index contributed by atoms with van der Waals surface area (Å²) in [5.74, 6) is 0. The lowest BCUT2D eigenvalue weighted by molar-refractivity contribution is 1.56. The van der Waals surface area contributed by atoms with E-state index in [1.807, 2.05) is 0 Å². The minimum absolute atomic E-state index is 1.08. The summed E-state index contributed by atoms with van der Waals surface area (Å²) in [6, 6.07) is 52.2. The first-order chi connectivity index (χ1) is 23.8. The molecule has 8 aromatic carbocycles. The first-order valence-electron chi connectivity index (χ1n) is 16.5. The summed E-state index contributed by atoms with van der Waals surface area (Å²) in [5, 5.41) is 14.9. The highest BCUT2D eigenvalue weighted by Gasteiger charge is 2.26. The van der Waals surface area contributed by atoms with Crippen molar-refractivity contribution in [3.63, 3.8) is 0 Å². The van der Waals surface area contributed by atoms with E-state index in [0.29, 0.717) is 0 Å². The summed E-state index contributed by atoms with van der Waals surface area (Å²) in [7, 11) is 0. The average Bonchev–Trinajstić information content (AvgIpc) is 3.65. The molecule has 0 heterocycles. The van der Waals surface area contributed by atoms with E-state index in [9.17, 15) is 0 Å². The molecular formula is C46H30N2. The molecule has 0 aliphatic heterocycles. The van der Waals surface area contributed by atoms with Crippen molar-refractivity contribution in [2.24, 2.45) is 0 Å². The molecule has 10 rings (SSSR count). The smallest absolute Gasteiger partial charge is 0.0463 e. The monoisotopic (exact) mass is 610 g/mol. The van der Waals surface area contributed by atoms with Crippen molar-refractivity contribution >= 4 is 79.4 Å². The van der Waals surface area contributed by atoms with Crippen LogP contribution < -0.4 is 10.6 Å². The SMILES string of the molecule is C1=Cc2c3c1c(c1c(-c4ccc(Nc5cccc6ccccc56)cc4)ccc(-c4ccc(Nc5cccc6ccccc56)cc4)c21)C=C3. The maximum Gasteiger partial charge on any atom is 0.0463 e. The van der Waals surface area contributed by atoms with E-state index in [1.165, 1.54) is 76.8 Å². The highest BCUT2D eigenvalue weighted by molar-refractivity contribution is 6.21. The molecule has 0 radical (unpaired) electrons. The van der Waals surface area contributed by atoms with Crippen LogP contribution in [0.5, 0.6) is 0 Å². The predicted octanol–water partition coefficient (Wildman–Crippen LogP) is 12.9. The summed E-state index contributed by atoms with van der Waals surface area (Å²) < 4.78 is 0. The van der Waals surface area contributed by atoms with Gasteiger partial charge >= 0.3 is 0 Å². The number of nitrogens with one attached hydrogen (secondary N) is 2. The highest BCUT2D eigenvalue weighted by atomic mass is 14.9. The lowest BCUT2D eigenvalue weighted by Gasteiger charge is -2.17. The third-order valence-corrected chi connectivity index (χ3v) is 9.98. The van der Waals surface area contributed by atoms with Crippen LogP contribution >= 0.6 is 0 Å². The zero-order chi connectivity index (χ0) is 31.6. The molecule has 48 heavy (non-hydrogen) atoms. The summed E-state index contributed by atoms with van der Waals surface area (Å²) in [5.41, 5.74) is 14.7. The molecule has 2 heteroatoms. The molecule has 8 aromatic rings. The van der Waals surface area contributed by atoms with Gasteiger partial charge in [0.2, 0.25) is 0 Å². The van der Waals surface area contributed by atoms with Gasteiger partial charge in [-0.2, -0.15) is 0 Å². The van der Waals surface area contributed by atoms with Gasteiger partial charge in [-0.3, -0.25) is 0 Å². The van der Waals surface area contributed by atoms with Gasteiger partial charge in [0.15, 0.2) is 0 Å². The maximum absolute atomic E-state index is 3.65. The molecule has 0 spiro atoms. The standard InChI is InChI=1S/C46H30N2/c1-3-11-35-29(7-1)9-5-13-43(35)47-33-19-15-31(16-20-33)37-23-24-38(46-42-28-26-39-40(42)25-27-41(39)45(37)46)32-17-21-34(22-18-32)48-44-14-6-10-30-8-2-4-12-36(30)44/h1-28,47-48H. The van der Waals surface area contributed by atoms with Crippen molar-refractivity contribution < 1.29 is 0 Å². The maximum atomic E-state index is 3.65. The molecule has 2 aliphatic rings. The molecule has 4 bridgehead atoms. The van der Waals surface area contributed by atoms with Crippen LogP contribution in [0.4, 0.5) is 22.7 Å². The Balaban J connectivity index is 1.03. The zero-order valence-electron chi connectivity index (χ0n) is 26.2. The quantitative estimate of drug-likeness (QED) is 0.196. The molecule has 0 saturated heterocycles. The van der Waals surface area contributed by atoms with Gasteiger partial charge in [0.05, 0.1) is 0 Å². The summed E-state index contributed by atoms with van der Waals surface area (Å²) in [6.45, 7) is 0. The van der Waals surface area contributed by atoms with Crippen molar-refractivity contribution in [3.8, 4) is 22.3 Å². The number of anilines is 4. The number of benzene rings is 8. The van der Waals surface area contributed by atoms with E-state index in [2.05, 4.69) is 181 Å². The van der Waals surface area contributed by atoms with Crippen molar-refractivity contribution in [3.05, 3.63) is 168 Å². The third-order valence-electron chi connectivity index (χ3n) is 9.98. The number of fused-ring (bicyclic) bond motifs is 5. The lowest BCUT2D eigenvalue weighted by Crippen LogP contribution is -1.94. The van der Waals surface area contributed by atoms with Crippen LogP contribution in [0.1, 0.15) is 22.3 Å². The number of rotatable bonds is 6. The van der Waals surface area contributed by atoms with Crippen LogP contribution in [0.3, 0.4) is 0 Å². The van der Waals surface area contributed by atoms with Gasteiger partial charge in [0.1, 0.15) is 0 Å². The molecule has 224 valence electrons. The molecule has 2 N–H and O–H groups in total. The Morgan fingerprint density at radius 2 is 0.708 bits per heavy atom. The minimum atomic E-state index is 1.08. The summed E-state index contributed by atoms with van der Waals surface area (Å²) in [4.78, 5) is 0. The van der Waals surface area contributed by atoms with Gasteiger partial charge in [-0.25, -0.2) is 0 Å². The van der Waals surface area contributed by atoms with Crippen molar-refractivity contribution in [2.45, 2.75) is 0 Å².